The summed E-state index contributed by atoms with van der Waals surface area (Å²) in [5.41, 5.74) is 6.65. The van der Waals surface area contributed by atoms with Gasteiger partial charge in [0.1, 0.15) is 5.75 Å². The van der Waals surface area contributed by atoms with Crippen molar-refractivity contribution >= 4 is 11.8 Å². The maximum Gasteiger partial charge on any atom is 0.119 e. The van der Waals surface area contributed by atoms with Gasteiger partial charge in [0.25, 0.3) is 0 Å². The molecule has 2 nitrogen and oxygen atoms in total. The van der Waals surface area contributed by atoms with Crippen molar-refractivity contribution in [3.05, 3.63) is 29.8 Å². The monoisotopic (exact) mass is 225 g/mol. The van der Waals surface area contributed by atoms with Gasteiger partial charge in [0, 0.05) is 5.75 Å². The summed E-state index contributed by atoms with van der Waals surface area (Å²) >= 11 is 1.90. The van der Waals surface area contributed by atoms with E-state index in [4.69, 9.17) is 10.5 Å². The molecule has 0 heterocycles. The summed E-state index contributed by atoms with van der Waals surface area (Å²) in [6.07, 6.45) is 1.09. The Labute approximate surface area is 96.2 Å². The van der Waals surface area contributed by atoms with Crippen LogP contribution in [0.5, 0.6) is 5.75 Å². The predicted molar refractivity (Wildman–Crippen MR) is 67.7 cm³/mol. The Morgan fingerprint density at radius 2 is 2.20 bits per heavy atom. The molecule has 1 aromatic rings. The number of hydrogen-bond acceptors (Lipinski definition) is 3. The van der Waals surface area contributed by atoms with Crippen LogP contribution in [0.1, 0.15) is 12.0 Å². The smallest absolute Gasteiger partial charge is 0.119 e. The van der Waals surface area contributed by atoms with E-state index in [-0.39, 0.29) is 0 Å². The minimum atomic E-state index is 0.776. The van der Waals surface area contributed by atoms with E-state index < -0.39 is 0 Å². The van der Waals surface area contributed by atoms with E-state index in [9.17, 15) is 0 Å². The van der Waals surface area contributed by atoms with Crippen LogP contribution in [-0.4, -0.2) is 24.7 Å². The lowest BCUT2D eigenvalue weighted by molar-refractivity contribution is 0.343. The fraction of sp³-hybridized carbons (Fsp3) is 0.500. The molecule has 0 aliphatic rings. The van der Waals surface area contributed by atoms with Gasteiger partial charge in [-0.25, -0.2) is 0 Å². The number of aryl methyl sites for hydroxylation is 1. The zero-order chi connectivity index (χ0) is 10.9. The quantitative estimate of drug-likeness (QED) is 0.724. The highest BCUT2D eigenvalue weighted by Gasteiger charge is 1.94. The van der Waals surface area contributed by atoms with Crippen LogP contribution in [0, 0.1) is 6.92 Å². The Bertz CT molecular complexity index is 278. The third kappa shape index (κ3) is 5.70. The maximum atomic E-state index is 5.61. The fourth-order valence-electron chi connectivity index (χ4n) is 1.21. The minimum Gasteiger partial charge on any atom is -0.493 e. The van der Waals surface area contributed by atoms with Gasteiger partial charge < -0.3 is 10.5 Å². The first-order chi connectivity index (χ1) is 7.33. The van der Waals surface area contributed by atoms with Gasteiger partial charge in [-0.2, -0.15) is 11.8 Å². The van der Waals surface area contributed by atoms with Gasteiger partial charge in [0.05, 0.1) is 6.61 Å². The Morgan fingerprint density at radius 1 is 1.33 bits per heavy atom. The van der Waals surface area contributed by atoms with Gasteiger partial charge in [0.15, 0.2) is 0 Å². The zero-order valence-electron chi connectivity index (χ0n) is 9.24. The van der Waals surface area contributed by atoms with E-state index >= 15 is 0 Å². The molecule has 0 spiro atoms. The summed E-state index contributed by atoms with van der Waals surface area (Å²) in [5, 5.41) is 0. The summed E-state index contributed by atoms with van der Waals surface area (Å²) < 4.78 is 5.61. The van der Waals surface area contributed by atoms with Crippen molar-refractivity contribution < 1.29 is 4.74 Å². The first kappa shape index (κ1) is 12.4. The topological polar surface area (TPSA) is 35.2 Å². The van der Waals surface area contributed by atoms with Crippen LogP contribution >= 0.6 is 11.8 Å². The molecule has 1 aromatic carbocycles. The number of benzene rings is 1. The first-order valence-corrected chi connectivity index (χ1v) is 6.45. The molecule has 0 atom stereocenters. The van der Waals surface area contributed by atoms with E-state index in [0.29, 0.717) is 0 Å². The normalized spacial score (nSPS) is 10.3. The second kappa shape index (κ2) is 7.60. The third-order valence-corrected chi connectivity index (χ3v) is 3.01. The predicted octanol–water partition coefficient (Wildman–Crippen LogP) is 2.46. The van der Waals surface area contributed by atoms with Crippen LogP contribution in [0.25, 0.3) is 0 Å². The molecule has 1 rings (SSSR count). The molecule has 0 aliphatic heterocycles. The van der Waals surface area contributed by atoms with Crippen molar-refractivity contribution in [1.82, 2.24) is 0 Å². The fourth-order valence-corrected chi connectivity index (χ4v) is 1.99. The molecule has 0 saturated carbocycles. The molecule has 0 unspecified atom stereocenters. The van der Waals surface area contributed by atoms with Crippen molar-refractivity contribution in [2.75, 3.05) is 24.7 Å². The van der Waals surface area contributed by atoms with Crippen LogP contribution in [0.15, 0.2) is 24.3 Å². The van der Waals surface area contributed by atoms with E-state index in [1.54, 1.807) is 0 Å². The minimum absolute atomic E-state index is 0.776. The molecule has 0 radical (unpaired) electrons. The number of hydrogen-bond donors (Lipinski definition) is 1. The second-order valence-electron chi connectivity index (χ2n) is 3.42. The second-order valence-corrected chi connectivity index (χ2v) is 4.64. The van der Waals surface area contributed by atoms with Crippen LogP contribution in [0.4, 0.5) is 0 Å². The maximum absolute atomic E-state index is 5.61. The van der Waals surface area contributed by atoms with Gasteiger partial charge in [-0.1, -0.05) is 12.1 Å². The van der Waals surface area contributed by atoms with Gasteiger partial charge in [-0.3, -0.25) is 0 Å². The lowest BCUT2D eigenvalue weighted by Crippen LogP contribution is -2.03. The van der Waals surface area contributed by atoms with Gasteiger partial charge in [-0.15, -0.1) is 0 Å². The Kier molecular flexibility index (Phi) is 6.28. The summed E-state index contributed by atoms with van der Waals surface area (Å²) in [6, 6.07) is 8.15. The summed E-state index contributed by atoms with van der Waals surface area (Å²) in [5.74, 6) is 3.14. The molecule has 3 heteroatoms. The summed E-state index contributed by atoms with van der Waals surface area (Å²) in [4.78, 5) is 0. The first-order valence-electron chi connectivity index (χ1n) is 5.30. The van der Waals surface area contributed by atoms with Crippen molar-refractivity contribution in [2.24, 2.45) is 5.73 Å². The molecule has 2 N–H and O–H groups in total. The van der Waals surface area contributed by atoms with Crippen LogP contribution < -0.4 is 10.5 Å². The number of rotatable bonds is 7. The molecular formula is C12H19NOS. The van der Waals surface area contributed by atoms with Gasteiger partial charge in [0.2, 0.25) is 0 Å². The van der Waals surface area contributed by atoms with E-state index in [1.807, 2.05) is 23.9 Å². The highest BCUT2D eigenvalue weighted by molar-refractivity contribution is 7.99. The molecule has 0 amide bonds. The summed E-state index contributed by atoms with van der Waals surface area (Å²) in [6.45, 7) is 3.63. The van der Waals surface area contributed by atoms with Crippen LogP contribution in [-0.2, 0) is 0 Å². The molecule has 0 aliphatic carbocycles. The Balaban J connectivity index is 2.10. The van der Waals surface area contributed by atoms with Crippen LogP contribution in [0.2, 0.25) is 0 Å². The average Bonchev–Trinajstić information content (AvgIpc) is 2.23. The molecule has 0 bridgehead atoms. The SMILES string of the molecule is Cc1cccc(OCCSCCCN)c1. The average molecular weight is 225 g/mol. The number of ether oxygens (including phenoxy) is 1. The van der Waals surface area contributed by atoms with Crippen molar-refractivity contribution in [3.63, 3.8) is 0 Å². The molecular weight excluding hydrogens is 206 g/mol. The standard InChI is InChI=1S/C12H19NOS/c1-11-4-2-5-12(10-11)14-7-9-15-8-3-6-13/h2,4-5,10H,3,6-9,13H2,1H3. The highest BCUT2D eigenvalue weighted by atomic mass is 32.2. The van der Waals surface area contributed by atoms with E-state index in [1.165, 1.54) is 5.56 Å². The third-order valence-electron chi connectivity index (χ3n) is 1.98. The van der Waals surface area contributed by atoms with Crippen molar-refractivity contribution in [1.29, 1.82) is 0 Å². The van der Waals surface area contributed by atoms with Crippen molar-refractivity contribution in [2.45, 2.75) is 13.3 Å². The lowest BCUT2D eigenvalue weighted by Gasteiger charge is -2.06. The van der Waals surface area contributed by atoms with Gasteiger partial charge in [-0.05, 0) is 43.3 Å². The largest absolute Gasteiger partial charge is 0.493 e. The lowest BCUT2D eigenvalue weighted by atomic mass is 10.2. The van der Waals surface area contributed by atoms with Crippen molar-refractivity contribution in [3.8, 4) is 5.75 Å². The highest BCUT2D eigenvalue weighted by Crippen LogP contribution is 2.12. The van der Waals surface area contributed by atoms with E-state index in [2.05, 4.69) is 19.1 Å². The van der Waals surface area contributed by atoms with E-state index in [0.717, 1.165) is 36.8 Å². The Hall–Kier alpha value is -0.670. The van der Waals surface area contributed by atoms with Gasteiger partial charge >= 0.3 is 0 Å². The molecule has 84 valence electrons. The Morgan fingerprint density at radius 3 is 2.93 bits per heavy atom. The molecule has 15 heavy (non-hydrogen) atoms. The number of nitrogens with two attached hydrogens (primary N) is 1. The van der Waals surface area contributed by atoms with Crippen LogP contribution in [0.3, 0.4) is 0 Å². The zero-order valence-corrected chi connectivity index (χ0v) is 10.1. The molecule has 0 fully saturated rings. The molecule has 0 saturated heterocycles. The number of thioether (sulfide) groups is 1. The summed E-state index contributed by atoms with van der Waals surface area (Å²) in [7, 11) is 0. The molecule has 0 aromatic heterocycles.